The number of anilines is 2. The van der Waals surface area contributed by atoms with Crippen molar-refractivity contribution in [2.45, 2.75) is 58.4 Å². The third-order valence-electron chi connectivity index (χ3n) is 5.27. The average Bonchev–Trinajstić information content (AvgIpc) is 2.53. The van der Waals surface area contributed by atoms with Gasteiger partial charge in [-0.1, -0.05) is 12.1 Å². The number of amides is 2. The van der Waals surface area contributed by atoms with Crippen molar-refractivity contribution in [1.29, 1.82) is 0 Å². The van der Waals surface area contributed by atoms with Gasteiger partial charge in [-0.15, -0.1) is 0 Å². The second kappa shape index (κ2) is 6.42. The van der Waals surface area contributed by atoms with Crippen molar-refractivity contribution in [3.63, 3.8) is 0 Å². The van der Waals surface area contributed by atoms with Crippen LogP contribution in [0.2, 0.25) is 0 Å². The molecule has 1 aromatic carbocycles. The predicted octanol–water partition coefficient (Wildman–Crippen LogP) is 0.831. The van der Waals surface area contributed by atoms with Gasteiger partial charge in [0.1, 0.15) is 30.8 Å². The monoisotopic (exact) mass is 346 g/mol. The maximum absolute atomic E-state index is 13.4. The number of ether oxygens (including phenoxy) is 1. The van der Waals surface area contributed by atoms with E-state index in [-0.39, 0.29) is 30.1 Å². The SMILES string of the molecule is C[C@@H]1C[NH+]([C@@H](C)C(=O)N2c3ccccc3NC(=O)C2(C)C)C[C@H](C)O1. The van der Waals surface area contributed by atoms with Crippen LogP contribution >= 0.6 is 0 Å². The summed E-state index contributed by atoms with van der Waals surface area (Å²) in [6.45, 7) is 11.2. The first kappa shape index (κ1) is 17.9. The molecule has 0 aliphatic carbocycles. The largest absolute Gasteiger partial charge is 0.364 e. The Bertz CT molecular complexity index is 678. The van der Waals surface area contributed by atoms with Gasteiger partial charge in [-0.3, -0.25) is 14.5 Å². The predicted molar refractivity (Wildman–Crippen MR) is 96.8 cm³/mol. The first-order valence-electron chi connectivity index (χ1n) is 8.96. The van der Waals surface area contributed by atoms with E-state index >= 15 is 0 Å². The van der Waals surface area contributed by atoms with Gasteiger partial charge in [0.2, 0.25) is 5.91 Å². The highest BCUT2D eigenvalue weighted by molar-refractivity contribution is 6.14. The lowest BCUT2D eigenvalue weighted by Crippen LogP contribution is -3.19. The lowest BCUT2D eigenvalue weighted by Gasteiger charge is -2.44. The Balaban J connectivity index is 1.93. The number of rotatable bonds is 2. The van der Waals surface area contributed by atoms with Crippen molar-refractivity contribution < 1.29 is 19.2 Å². The summed E-state index contributed by atoms with van der Waals surface area (Å²) in [5.74, 6) is -0.186. The molecule has 1 saturated heterocycles. The van der Waals surface area contributed by atoms with Gasteiger partial charge in [-0.05, 0) is 46.8 Å². The zero-order valence-electron chi connectivity index (χ0n) is 15.6. The zero-order valence-corrected chi connectivity index (χ0v) is 15.6. The molecule has 4 atom stereocenters. The quantitative estimate of drug-likeness (QED) is 0.834. The average molecular weight is 346 g/mol. The molecule has 0 saturated carbocycles. The Morgan fingerprint density at radius 2 is 1.88 bits per heavy atom. The maximum atomic E-state index is 13.4. The number of nitrogens with zero attached hydrogens (tertiary/aromatic N) is 1. The Morgan fingerprint density at radius 1 is 1.28 bits per heavy atom. The number of fused-ring (bicyclic) bond motifs is 1. The molecule has 0 radical (unpaired) electrons. The molecular weight excluding hydrogens is 318 g/mol. The number of carbonyl (C=O) groups is 2. The van der Waals surface area contributed by atoms with Gasteiger partial charge in [0.15, 0.2) is 6.04 Å². The van der Waals surface area contributed by atoms with Gasteiger partial charge in [-0.2, -0.15) is 0 Å². The molecule has 6 nitrogen and oxygen atoms in total. The van der Waals surface area contributed by atoms with Crippen LogP contribution in [-0.4, -0.2) is 48.7 Å². The minimum absolute atomic E-state index is 0.0244. The molecular formula is C19H28N3O3+. The van der Waals surface area contributed by atoms with Crippen molar-refractivity contribution in [2.75, 3.05) is 23.3 Å². The summed E-state index contributed by atoms with van der Waals surface area (Å²) < 4.78 is 5.80. The molecule has 1 aromatic rings. The standard InChI is InChI=1S/C19H27N3O3/c1-12-10-21(11-13(2)25-12)14(3)17(23)22-16-9-7-6-8-15(16)20-18(24)19(22,4)5/h6-9,12-14H,10-11H2,1-5H3,(H,20,24)/p+1/t12-,13+,14-/m0/s1. The van der Waals surface area contributed by atoms with Crippen molar-refractivity contribution in [2.24, 2.45) is 0 Å². The van der Waals surface area contributed by atoms with Gasteiger partial charge in [0, 0.05) is 0 Å². The molecule has 3 rings (SSSR count). The molecule has 2 N–H and O–H groups in total. The van der Waals surface area contributed by atoms with Crippen molar-refractivity contribution in [3.05, 3.63) is 24.3 Å². The summed E-state index contributed by atoms with van der Waals surface area (Å²) in [5.41, 5.74) is 0.520. The third kappa shape index (κ3) is 3.16. The minimum atomic E-state index is -0.928. The molecule has 6 heteroatoms. The summed E-state index contributed by atoms with van der Waals surface area (Å²) in [6.07, 6.45) is 0.248. The number of hydrogen-bond donors (Lipinski definition) is 2. The first-order chi connectivity index (χ1) is 11.7. The summed E-state index contributed by atoms with van der Waals surface area (Å²) in [6, 6.07) is 7.23. The van der Waals surface area contributed by atoms with Gasteiger partial charge in [0.25, 0.3) is 5.91 Å². The van der Waals surface area contributed by atoms with Crippen LogP contribution in [0.25, 0.3) is 0 Å². The van der Waals surface area contributed by atoms with Gasteiger partial charge < -0.3 is 15.0 Å². The van der Waals surface area contributed by atoms with Crippen LogP contribution in [0.15, 0.2) is 24.3 Å². The molecule has 0 bridgehead atoms. The summed E-state index contributed by atoms with van der Waals surface area (Å²) in [7, 11) is 0. The zero-order chi connectivity index (χ0) is 18.4. The Labute approximate surface area is 149 Å². The lowest BCUT2D eigenvalue weighted by molar-refractivity contribution is -0.928. The minimum Gasteiger partial charge on any atom is -0.364 e. The van der Waals surface area contributed by atoms with E-state index in [9.17, 15) is 9.59 Å². The van der Waals surface area contributed by atoms with Crippen LogP contribution in [0.3, 0.4) is 0 Å². The van der Waals surface area contributed by atoms with Gasteiger partial charge in [-0.25, -0.2) is 0 Å². The molecule has 1 unspecified atom stereocenters. The number of carbonyl (C=O) groups excluding carboxylic acids is 2. The fraction of sp³-hybridized carbons (Fsp3) is 0.579. The van der Waals surface area contributed by atoms with E-state index in [4.69, 9.17) is 4.74 Å². The van der Waals surface area contributed by atoms with Crippen molar-refractivity contribution in [1.82, 2.24) is 0 Å². The van der Waals surface area contributed by atoms with E-state index in [0.717, 1.165) is 18.8 Å². The highest BCUT2D eigenvalue weighted by Crippen LogP contribution is 2.36. The molecule has 136 valence electrons. The van der Waals surface area contributed by atoms with Crippen LogP contribution < -0.4 is 15.1 Å². The Kier molecular flexibility index (Phi) is 4.60. The molecule has 2 amide bonds. The fourth-order valence-corrected chi connectivity index (χ4v) is 3.88. The van der Waals surface area contributed by atoms with Crippen LogP contribution in [0.5, 0.6) is 0 Å². The van der Waals surface area contributed by atoms with E-state index in [0.29, 0.717) is 5.69 Å². The lowest BCUT2D eigenvalue weighted by atomic mass is 9.95. The van der Waals surface area contributed by atoms with Crippen molar-refractivity contribution in [3.8, 4) is 0 Å². The molecule has 2 heterocycles. The number of benzene rings is 1. The highest BCUT2D eigenvalue weighted by Gasteiger charge is 2.47. The van der Waals surface area contributed by atoms with E-state index in [1.165, 1.54) is 4.90 Å². The van der Waals surface area contributed by atoms with Crippen LogP contribution in [0.1, 0.15) is 34.6 Å². The van der Waals surface area contributed by atoms with E-state index in [1.54, 1.807) is 18.7 Å². The van der Waals surface area contributed by atoms with E-state index in [1.807, 2.05) is 45.0 Å². The molecule has 2 aliphatic rings. The Hall–Kier alpha value is -1.92. The normalized spacial score (nSPS) is 29.6. The van der Waals surface area contributed by atoms with Gasteiger partial charge in [0.05, 0.1) is 11.4 Å². The number of hydrogen-bond acceptors (Lipinski definition) is 3. The molecule has 2 aliphatic heterocycles. The summed E-state index contributed by atoms with van der Waals surface area (Å²) in [5, 5.41) is 2.91. The van der Waals surface area contributed by atoms with Crippen molar-refractivity contribution >= 4 is 23.2 Å². The van der Waals surface area contributed by atoms with Gasteiger partial charge >= 0.3 is 0 Å². The Morgan fingerprint density at radius 3 is 2.52 bits per heavy atom. The maximum Gasteiger partial charge on any atom is 0.285 e. The second-order valence-electron chi connectivity index (χ2n) is 7.75. The molecule has 0 spiro atoms. The highest BCUT2D eigenvalue weighted by atomic mass is 16.5. The van der Waals surface area contributed by atoms with Crippen LogP contribution in [0, 0.1) is 0 Å². The topological polar surface area (TPSA) is 63.1 Å². The molecule has 1 fully saturated rings. The van der Waals surface area contributed by atoms with E-state index in [2.05, 4.69) is 5.32 Å². The number of para-hydroxylation sites is 2. The third-order valence-corrected chi connectivity index (χ3v) is 5.27. The van der Waals surface area contributed by atoms with E-state index < -0.39 is 5.54 Å². The number of nitrogens with one attached hydrogen (secondary N) is 2. The fourth-order valence-electron chi connectivity index (χ4n) is 3.88. The second-order valence-corrected chi connectivity index (χ2v) is 7.75. The summed E-state index contributed by atoms with van der Waals surface area (Å²) >= 11 is 0. The van der Waals surface area contributed by atoms with Crippen LogP contribution in [0.4, 0.5) is 11.4 Å². The summed E-state index contributed by atoms with van der Waals surface area (Å²) in [4.78, 5) is 28.9. The van der Waals surface area contributed by atoms with Crippen LogP contribution in [-0.2, 0) is 14.3 Å². The molecule has 0 aromatic heterocycles. The smallest absolute Gasteiger partial charge is 0.285 e. The number of quaternary nitrogens is 1. The first-order valence-corrected chi connectivity index (χ1v) is 8.96. The molecule has 25 heavy (non-hydrogen) atoms. The number of morpholine rings is 1.